The number of amidine groups is 1. The molecule has 8 heteroatoms. The van der Waals surface area contributed by atoms with Crippen LogP contribution in [0.4, 0.5) is 4.79 Å². The summed E-state index contributed by atoms with van der Waals surface area (Å²) in [5.74, 6) is 6.51. The Labute approximate surface area is 117 Å². The molecule has 0 spiro atoms. The van der Waals surface area contributed by atoms with Crippen LogP contribution in [-0.2, 0) is 4.79 Å². The molecule has 0 aromatic heterocycles. The third kappa shape index (κ3) is 3.36. The van der Waals surface area contributed by atoms with Crippen molar-refractivity contribution in [1.29, 1.82) is 0 Å². The van der Waals surface area contributed by atoms with Gasteiger partial charge in [0.2, 0.25) is 0 Å². The van der Waals surface area contributed by atoms with Crippen molar-refractivity contribution in [2.75, 3.05) is 5.88 Å². The minimum atomic E-state index is -0.927. The van der Waals surface area contributed by atoms with Crippen molar-refractivity contribution in [2.24, 2.45) is 16.9 Å². The van der Waals surface area contributed by atoms with Crippen LogP contribution in [-0.4, -0.2) is 45.8 Å². The number of rotatable bonds is 4. The van der Waals surface area contributed by atoms with Crippen LogP contribution in [0.2, 0.25) is 0 Å². The fraction of sp³-hybridized carbons (Fsp3) is 0.727. The number of alkyl halides is 1. The minimum absolute atomic E-state index is 0.00582. The molecular weight excluding hydrogens is 270 g/mol. The van der Waals surface area contributed by atoms with Gasteiger partial charge < -0.3 is 5.32 Å². The number of nitrogens with one attached hydrogen (secondary N) is 1. The predicted molar refractivity (Wildman–Crippen MR) is 73.3 cm³/mol. The maximum atomic E-state index is 12.1. The largest absolute Gasteiger partial charge is 0.340 e. The van der Waals surface area contributed by atoms with E-state index in [0.717, 1.165) is 5.01 Å². The Morgan fingerprint density at radius 1 is 1.63 bits per heavy atom. The Bertz CT molecular complexity index is 397. The summed E-state index contributed by atoms with van der Waals surface area (Å²) in [6.45, 7) is 7.31. The second-order valence-corrected chi connectivity index (χ2v) is 5.63. The lowest BCUT2D eigenvalue weighted by Gasteiger charge is -2.28. The van der Waals surface area contributed by atoms with Gasteiger partial charge in [0.05, 0.1) is 0 Å². The quantitative estimate of drug-likeness (QED) is 0.453. The maximum absolute atomic E-state index is 12.1. The number of amides is 2. The lowest BCUT2D eigenvalue weighted by molar-refractivity contribution is -0.114. The first-order chi connectivity index (χ1) is 8.73. The van der Waals surface area contributed by atoms with E-state index in [4.69, 9.17) is 17.4 Å². The first-order valence-electron chi connectivity index (χ1n) is 5.98. The van der Waals surface area contributed by atoms with Gasteiger partial charge in [-0.15, -0.1) is 11.6 Å². The number of nitrogens with zero attached hydrogens (tertiary/aromatic N) is 3. The number of urea groups is 1. The summed E-state index contributed by atoms with van der Waals surface area (Å²) in [6.07, 6.45) is -0.352. The molecule has 0 bridgehead atoms. The van der Waals surface area contributed by atoms with Crippen LogP contribution in [0.15, 0.2) is 5.10 Å². The number of carbonyl (C=O) groups is 2. The van der Waals surface area contributed by atoms with Crippen molar-refractivity contribution in [3.63, 3.8) is 0 Å². The summed E-state index contributed by atoms with van der Waals surface area (Å²) >= 11 is 5.75. The number of carbonyl (C=O) groups excluding carboxylic acids is 2. The number of hydrazine groups is 1. The molecule has 0 saturated heterocycles. The number of aldehydes is 1. The molecule has 1 aliphatic rings. The summed E-state index contributed by atoms with van der Waals surface area (Å²) in [5, 5.41) is 9.04. The second kappa shape index (κ2) is 5.75. The molecule has 0 aliphatic carbocycles. The van der Waals surface area contributed by atoms with Crippen LogP contribution in [0, 0.1) is 5.92 Å². The molecule has 1 heterocycles. The van der Waals surface area contributed by atoms with Crippen LogP contribution < -0.4 is 11.2 Å². The molecular formula is C11H20ClN5O2. The van der Waals surface area contributed by atoms with E-state index in [0.29, 0.717) is 12.1 Å². The SMILES string of the molecule is CC(C)C1=NN(C(=O)NC(C)(C)CCl)C(C=O)N1N. The van der Waals surface area contributed by atoms with E-state index < -0.39 is 17.7 Å². The number of nitrogens with two attached hydrogens (primary N) is 1. The summed E-state index contributed by atoms with van der Waals surface area (Å²) in [5.41, 5.74) is -0.596. The molecule has 1 rings (SSSR count). The molecule has 1 aliphatic heterocycles. The molecule has 1 atom stereocenters. The van der Waals surface area contributed by atoms with Crippen LogP contribution in [0.1, 0.15) is 27.7 Å². The zero-order valence-electron chi connectivity index (χ0n) is 11.6. The van der Waals surface area contributed by atoms with Gasteiger partial charge in [-0.05, 0) is 13.8 Å². The monoisotopic (exact) mass is 289 g/mol. The van der Waals surface area contributed by atoms with Crippen LogP contribution in [0.5, 0.6) is 0 Å². The number of hydrogen-bond donors (Lipinski definition) is 2. The third-order valence-corrected chi connectivity index (χ3v) is 3.30. The molecule has 0 radical (unpaired) electrons. The van der Waals surface area contributed by atoms with Crippen molar-refractivity contribution in [3.8, 4) is 0 Å². The molecule has 0 saturated carbocycles. The van der Waals surface area contributed by atoms with E-state index in [-0.39, 0.29) is 11.8 Å². The van der Waals surface area contributed by atoms with E-state index >= 15 is 0 Å². The minimum Gasteiger partial charge on any atom is -0.330 e. The Hall–Kier alpha value is -1.34. The van der Waals surface area contributed by atoms with Crippen molar-refractivity contribution in [3.05, 3.63) is 0 Å². The lowest BCUT2D eigenvalue weighted by atomic mass is 10.1. The van der Waals surface area contributed by atoms with E-state index in [1.807, 2.05) is 13.8 Å². The summed E-state index contributed by atoms with van der Waals surface area (Å²) in [4.78, 5) is 23.2. The zero-order valence-corrected chi connectivity index (χ0v) is 12.3. The summed E-state index contributed by atoms with van der Waals surface area (Å²) < 4.78 is 0. The van der Waals surface area contributed by atoms with Gasteiger partial charge >= 0.3 is 6.03 Å². The van der Waals surface area contributed by atoms with E-state index in [9.17, 15) is 9.59 Å². The Kier molecular flexibility index (Phi) is 4.75. The fourth-order valence-electron chi connectivity index (χ4n) is 1.56. The highest BCUT2D eigenvalue weighted by Crippen LogP contribution is 2.17. The highest BCUT2D eigenvalue weighted by Gasteiger charge is 2.38. The van der Waals surface area contributed by atoms with E-state index in [1.165, 1.54) is 5.01 Å². The smallest absolute Gasteiger partial charge is 0.330 e. The lowest BCUT2D eigenvalue weighted by Crippen LogP contribution is -2.55. The third-order valence-electron chi connectivity index (χ3n) is 2.64. The van der Waals surface area contributed by atoms with E-state index in [1.54, 1.807) is 13.8 Å². The van der Waals surface area contributed by atoms with Gasteiger partial charge in [0.15, 0.2) is 12.5 Å². The van der Waals surface area contributed by atoms with Gasteiger partial charge in [0.25, 0.3) is 0 Å². The summed E-state index contributed by atoms with van der Waals surface area (Å²) in [7, 11) is 0. The Morgan fingerprint density at radius 3 is 2.63 bits per heavy atom. The number of hydrazone groups is 1. The average molecular weight is 290 g/mol. The van der Waals surface area contributed by atoms with Gasteiger partial charge in [-0.2, -0.15) is 10.1 Å². The van der Waals surface area contributed by atoms with Crippen LogP contribution in [0.25, 0.3) is 0 Å². The van der Waals surface area contributed by atoms with Gasteiger partial charge in [-0.3, -0.25) is 9.80 Å². The zero-order chi connectivity index (χ0) is 14.8. The molecule has 0 aromatic carbocycles. The fourth-order valence-corrected chi connectivity index (χ4v) is 1.62. The standard InChI is InChI=1S/C11H20ClN5O2/c1-7(2)9-15-17(8(5-18)16(9)13)10(19)14-11(3,4)6-12/h5,7-8H,6,13H2,1-4H3,(H,14,19). The van der Waals surface area contributed by atoms with Crippen molar-refractivity contribution >= 4 is 29.8 Å². The summed E-state index contributed by atoms with van der Waals surface area (Å²) in [6, 6.07) is -0.506. The molecule has 19 heavy (non-hydrogen) atoms. The molecule has 3 N–H and O–H groups in total. The topological polar surface area (TPSA) is 91.0 Å². The molecule has 1 unspecified atom stereocenters. The average Bonchev–Trinajstić information content (AvgIpc) is 2.65. The van der Waals surface area contributed by atoms with Gasteiger partial charge in [-0.25, -0.2) is 10.6 Å². The predicted octanol–water partition coefficient (Wildman–Crippen LogP) is 0.699. The highest BCUT2D eigenvalue weighted by atomic mass is 35.5. The van der Waals surface area contributed by atoms with E-state index in [2.05, 4.69) is 10.4 Å². The second-order valence-electron chi connectivity index (χ2n) is 5.36. The Morgan fingerprint density at radius 2 is 2.21 bits per heavy atom. The maximum Gasteiger partial charge on any atom is 0.340 e. The van der Waals surface area contributed by atoms with Crippen LogP contribution in [0.3, 0.4) is 0 Å². The van der Waals surface area contributed by atoms with Gasteiger partial charge in [0.1, 0.15) is 5.84 Å². The van der Waals surface area contributed by atoms with Crippen LogP contribution >= 0.6 is 11.6 Å². The van der Waals surface area contributed by atoms with Gasteiger partial charge in [0, 0.05) is 17.3 Å². The first kappa shape index (κ1) is 15.7. The molecule has 108 valence electrons. The van der Waals surface area contributed by atoms with Gasteiger partial charge in [-0.1, -0.05) is 13.8 Å². The molecule has 2 amide bonds. The van der Waals surface area contributed by atoms with Crippen molar-refractivity contribution < 1.29 is 9.59 Å². The van der Waals surface area contributed by atoms with Crippen molar-refractivity contribution in [2.45, 2.75) is 39.4 Å². The highest BCUT2D eigenvalue weighted by molar-refractivity contribution is 6.18. The molecule has 7 nitrogen and oxygen atoms in total. The number of hydrogen-bond acceptors (Lipinski definition) is 5. The Balaban J connectivity index is 2.92. The van der Waals surface area contributed by atoms with Crippen molar-refractivity contribution in [1.82, 2.24) is 15.3 Å². The normalized spacial score (nSPS) is 19.7. The molecule has 0 aromatic rings. The molecule has 0 fully saturated rings. The first-order valence-corrected chi connectivity index (χ1v) is 6.52. The number of halogens is 1.